The SMILES string of the molecule is CCOC(=O)c1ccccc1NC(=O)/C(C#N)=C\Nc1ccccc1F. The van der Waals surface area contributed by atoms with Crippen LogP contribution in [-0.2, 0) is 9.53 Å². The fraction of sp³-hybridized carbons (Fsp3) is 0.105. The van der Waals surface area contributed by atoms with Crippen molar-refractivity contribution in [2.24, 2.45) is 0 Å². The Kier molecular flexibility index (Phi) is 6.46. The van der Waals surface area contributed by atoms with E-state index in [4.69, 9.17) is 4.74 Å². The number of carbonyl (C=O) groups excluding carboxylic acids is 2. The molecule has 26 heavy (non-hydrogen) atoms. The number of anilines is 2. The van der Waals surface area contributed by atoms with Gasteiger partial charge in [0.25, 0.3) is 5.91 Å². The van der Waals surface area contributed by atoms with Crippen LogP contribution in [0.2, 0.25) is 0 Å². The summed E-state index contributed by atoms with van der Waals surface area (Å²) in [5.41, 5.74) is 0.219. The molecule has 7 heteroatoms. The van der Waals surface area contributed by atoms with Crippen LogP contribution < -0.4 is 10.6 Å². The average molecular weight is 353 g/mol. The zero-order valence-corrected chi connectivity index (χ0v) is 14.0. The van der Waals surface area contributed by atoms with Crippen LogP contribution in [-0.4, -0.2) is 18.5 Å². The van der Waals surface area contributed by atoms with Gasteiger partial charge in [0.15, 0.2) is 0 Å². The van der Waals surface area contributed by atoms with Crippen LogP contribution in [0.15, 0.2) is 60.3 Å². The number of amides is 1. The number of hydrogen-bond donors (Lipinski definition) is 2. The van der Waals surface area contributed by atoms with Gasteiger partial charge >= 0.3 is 5.97 Å². The largest absolute Gasteiger partial charge is 0.462 e. The highest BCUT2D eigenvalue weighted by Gasteiger charge is 2.16. The molecule has 6 nitrogen and oxygen atoms in total. The van der Waals surface area contributed by atoms with Crippen LogP contribution in [0, 0.1) is 17.1 Å². The zero-order valence-electron chi connectivity index (χ0n) is 14.0. The summed E-state index contributed by atoms with van der Waals surface area (Å²) in [6, 6.07) is 13.9. The highest BCUT2D eigenvalue weighted by atomic mass is 19.1. The zero-order chi connectivity index (χ0) is 18.9. The minimum atomic E-state index is -0.743. The van der Waals surface area contributed by atoms with Gasteiger partial charge in [-0.2, -0.15) is 5.26 Å². The van der Waals surface area contributed by atoms with Crippen molar-refractivity contribution in [3.8, 4) is 6.07 Å². The highest BCUT2D eigenvalue weighted by molar-refractivity contribution is 6.09. The Morgan fingerprint density at radius 1 is 1.15 bits per heavy atom. The first-order valence-corrected chi connectivity index (χ1v) is 7.75. The van der Waals surface area contributed by atoms with Crippen molar-refractivity contribution in [2.75, 3.05) is 17.2 Å². The molecule has 0 aromatic heterocycles. The van der Waals surface area contributed by atoms with E-state index in [1.807, 2.05) is 0 Å². The number of esters is 1. The topological polar surface area (TPSA) is 91.2 Å². The van der Waals surface area contributed by atoms with Crippen molar-refractivity contribution in [3.05, 3.63) is 71.7 Å². The minimum Gasteiger partial charge on any atom is -0.462 e. The van der Waals surface area contributed by atoms with E-state index in [9.17, 15) is 19.2 Å². The van der Waals surface area contributed by atoms with Gasteiger partial charge in [0.05, 0.1) is 23.5 Å². The molecule has 132 valence electrons. The summed E-state index contributed by atoms with van der Waals surface area (Å²) in [5.74, 6) is -1.85. The Balaban J connectivity index is 2.18. The molecule has 0 fully saturated rings. The van der Waals surface area contributed by atoms with Crippen molar-refractivity contribution in [2.45, 2.75) is 6.92 Å². The molecule has 0 unspecified atom stereocenters. The monoisotopic (exact) mass is 353 g/mol. The quantitative estimate of drug-likeness (QED) is 0.471. The van der Waals surface area contributed by atoms with Crippen LogP contribution in [0.25, 0.3) is 0 Å². The van der Waals surface area contributed by atoms with Gasteiger partial charge in [0.2, 0.25) is 0 Å². The smallest absolute Gasteiger partial charge is 0.340 e. The summed E-state index contributed by atoms with van der Waals surface area (Å²) < 4.78 is 18.5. The van der Waals surface area contributed by atoms with E-state index in [-0.39, 0.29) is 29.1 Å². The number of ether oxygens (including phenoxy) is 1. The Bertz CT molecular complexity index is 888. The number of rotatable bonds is 6. The fourth-order valence-corrected chi connectivity index (χ4v) is 2.05. The first kappa shape index (κ1) is 18.7. The Morgan fingerprint density at radius 2 is 1.81 bits per heavy atom. The van der Waals surface area contributed by atoms with E-state index in [0.717, 1.165) is 6.20 Å². The summed E-state index contributed by atoms with van der Waals surface area (Å²) in [6.45, 7) is 1.86. The van der Waals surface area contributed by atoms with Crippen molar-refractivity contribution in [1.82, 2.24) is 0 Å². The third-order valence-electron chi connectivity index (χ3n) is 3.28. The van der Waals surface area contributed by atoms with Gasteiger partial charge in [-0.15, -0.1) is 0 Å². The van der Waals surface area contributed by atoms with Crippen molar-refractivity contribution in [1.29, 1.82) is 5.26 Å². The molecule has 0 spiro atoms. The van der Waals surface area contributed by atoms with Crippen molar-refractivity contribution >= 4 is 23.3 Å². The van der Waals surface area contributed by atoms with Crippen molar-refractivity contribution < 1.29 is 18.7 Å². The summed E-state index contributed by atoms with van der Waals surface area (Å²) in [6.07, 6.45) is 1.10. The molecule has 0 aliphatic carbocycles. The molecule has 0 atom stereocenters. The van der Waals surface area contributed by atoms with E-state index in [1.54, 1.807) is 31.2 Å². The normalized spacial score (nSPS) is 10.6. The predicted molar refractivity (Wildman–Crippen MR) is 94.7 cm³/mol. The summed E-state index contributed by atoms with van der Waals surface area (Å²) >= 11 is 0. The van der Waals surface area contributed by atoms with E-state index < -0.39 is 17.7 Å². The minimum absolute atomic E-state index is 0.125. The van der Waals surface area contributed by atoms with Gasteiger partial charge in [0, 0.05) is 6.20 Å². The lowest BCUT2D eigenvalue weighted by Crippen LogP contribution is -2.17. The van der Waals surface area contributed by atoms with E-state index >= 15 is 0 Å². The van der Waals surface area contributed by atoms with Gasteiger partial charge in [-0.1, -0.05) is 24.3 Å². The van der Waals surface area contributed by atoms with Crippen LogP contribution in [0.3, 0.4) is 0 Å². The number of carbonyl (C=O) groups is 2. The molecule has 2 rings (SSSR count). The second kappa shape index (κ2) is 8.99. The predicted octanol–water partition coefficient (Wildman–Crippen LogP) is 3.46. The number of nitrogens with one attached hydrogen (secondary N) is 2. The molecule has 2 aromatic rings. The van der Waals surface area contributed by atoms with Gasteiger partial charge < -0.3 is 15.4 Å². The third-order valence-corrected chi connectivity index (χ3v) is 3.28. The highest BCUT2D eigenvalue weighted by Crippen LogP contribution is 2.18. The number of para-hydroxylation sites is 2. The van der Waals surface area contributed by atoms with Crippen molar-refractivity contribution in [3.63, 3.8) is 0 Å². The van der Waals surface area contributed by atoms with E-state index in [0.29, 0.717) is 0 Å². The molecule has 0 bridgehead atoms. The van der Waals surface area contributed by atoms with Gasteiger partial charge in [-0.05, 0) is 31.2 Å². The molecule has 0 heterocycles. The van der Waals surface area contributed by atoms with Gasteiger partial charge in [-0.25, -0.2) is 9.18 Å². The van der Waals surface area contributed by atoms with Gasteiger partial charge in [-0.3, -0.25) is 4.79 Å². The van der Waals surface area contributed by atoms with Crippen LogP contribution in [0.1, 0.15) is 17.3 Å². The number of benzene rings is 2. The number of nitrogens with zero attached hydrogens (tertiary/aromatic N) is 1. The lowest BCUT2D eigenvalue weighted by molar-refractivity contribution is -0.112. The average Bonchev–Trinajstić information content (AvgIpc) is 2.64. The number of nitriles is 1. The third kappa shape index (κ3) is 4.68. The Labute approximate surface area is 149 Å². The molecule has 0 saturated carbocycles. The first-order chi connectivity index (χ1) is 12.6. The second-order valence-corrected chi connectivity index (χ2v) is 5.01. The van der Waals surface area contributed by atoms with Crippen LogP contribution >= 0.6 is 0 Å². The Morgan fingerprint density at radius 3 is 2.46 bits per heavy atom. The van der Waals surface area contributed by atoms with Gasteiger partial charge in [0.1, 0.15) is 17.5 Å². The summed E-state index contributed by atoms with van der Waals surface area (Å²) in [7, 11) is 0. The Hall–Kier alpha value is -3.66. The molecule has 1 amide bonds. The lowest BCUT2D eigenvalue weighted by atomic mass is 10.1. The summed E-state index contributed by atoms with van der Waals surface area (Å²) in [4.78, 5) is 24.2. The summed E-state index contributed by atoms with van der Waals surface area (Å²) in [5, 5.41) is 14.2. The standard InChI is InChI=1S/C19H16FN3O3/c1-2-26-19(25)14-7-3-5-9-16(14)23-18(24)13(11-21)12-22-17-10-6-4-8-15(17)20/h3-10,12,22H,2H2,1H3,(H,23,24)/b13-12-. The fourth-order valence-electron chi connectivity index (χ4n) is 2.05. The molecule has 2 N–H and O–H groups in total. The molecule has 0 aliphatic rings. The molecule has 2 aromatic carbocycles. The number of halogens is 1. The molecule has 0 saturated heterocycles. The van der Waals surface area contributed by atoms with E-state index in [2.05, 4.69) is 10.6 Å². The van der Waals surface area contributed by atoms with Crippen LogP contribution in [0.5, 0.6) is 0 Å². The lowest BCUT2D eigenvalue weighted by Gasteiger charge is -2.10. The first-order valence-electron chi connectivity index (χ1n) is 7.75. The van der Waals surface area contributed by atoms with Crippen LogP contribution in [0.4, 0.5) is 15.8 Å². The maximum Gasteiger partial charge on any atom is 0.340 e. The maximum absolute atomic E-state index is 13.6. The second-order valence-electron chi connectivity index (χ2n) is 5.01. The molecular formula is C19H16FN3O3. The molecule has 0 radical (unpaired) electrons. The maximum atomic E-state index is 13.6. The van der Waals surface area contributed by atoms with E-state index in [1.165, 1.54) is 30.3 Å². The molecular weight excluding hydrogens is 337 g/mol. The molecule has 0 aliphatic heterocycles. The number of hydrogen-bond acceptors (Lipinski definition) is 5.